The SMILES string of the molecule is C=CCN(Cc1ccccc1)S(=O)(=O)c1ccc(OC)cc1. The van der Waals surface area contributed by atoms with E-state index in [-0.39, 0.29) is 11.4 Å². The van der Waals surface area contributed by atoms with E-state index < -0.39 is 10.0 Å². The Bertz CT molecular complexity index is 709. The summed E-state index contributed by atoms with van der Waals surface area (Å²) in [5.41, 5.74) is 0.932. The Balaban J connectivity index is 2.30. The Labute approximate surface area is 131 Å². The van der Waals surface area contributed by atoms with Crippen molar-refractivity contribution in [1.82, 2.24) is 4.31 Å². The molecule has 0 aliphatic heterocycles. The minimum Gasteiger partial charge on any atom is -0.497 e. The molecule has 0 spiro atoms. The summed E-state index contributed by atoms with van der Waals surface area (Å²) < 4.78 is 32.0. The number of nitrogens with zero attached hydrogens (tertiary/aromatic N) is 1. The smallest absolute Gasteiger partial charge is 0.243 e. The van der Waals surface area contributed by atoms with Crippen molar-refractivity contribution in [3.8, 4) is 5.75 Å². The van der Waals surface area contributed by atoms with Gasteiger partial charge in [0.25, 0.3) is 0 Å². The summed E-state index contributed by atoms with van der Waals surface area (Å²) in [6.07, 6.45) is 1.59. The average molecular weight is 317 g/mol. The maximum absolute atomic E-state index is 12.8. The first-order valence-electron chi connectivity index (χ1n) is 6.87. The summed E-state index contributed by atoms with van der Waals surface area (Å²) in [7, 11) is -2.04. The molecule has 0 fully saturated rings. The van der Waals surface area contributed by atoms with E-state index in [0.717, 1.165) is 5.56 Å². The highest BCUT2D eigenvalue weighted by Gasteiger charge is 2.23. The zero-order valence-electron chi connectivity index (χ0n) is 12.5. The van der Waals surface area contributed by atoms with Crippen LogP contribution >= 0.6 is 0 Å². The monoisotopic (exact) mass is 317 g/mol. The Kier molecular flexibility index (Phi) is 5.35. The molecule has 0 amide bonds. The molecule has 0 bridgehead atoms. The first kappa shape index (κ1) is 16.3. The average Bonchev–Trinajstić information content (AvgIpc) is 2.55. The number of methoxy groups -OCH3 is 1. The van der Waals surface area contributed by atoms with Crippen LogP contribution in [-0.2, 0) is 16.6 Å². The van der Waals surface area contributed by atoms with Gasteiger partial charge in [0, 0.05) is 13.1 Å². The minimum absolute atomic E-state index is 0.242. The standard InChI is InChI=1S/C17H19NO3S/c1-3-13-18(14-15-7-5-4-6-8-15)22(19,20)17-11-9-16(21-2)10-12-17/h3-12H,1,13-14H2,2H3. The number of ether oxygens (including phenoxy) is 1. The minimum atomic E-state index is -3.58. The molecular weight excluding hydrogens is 298 g/mol. The van der Waals surface area contributed by atoms with Crippen molar-refractivity contribution in [2.24, 2.45) is 0 Å². The van der Waals surface area contributed by atoms with Gasteiger partial charge in [-0.15, -0.1) is 6.58 Å². The van der Waals surface area contributed by atoms with E-state index in [0.29, 0.717) is 12.3 Å². The molecule has 0 N–H and O–H groups in total. The molecule has 0 aliphatic carbocycles. The fourth-order valence-corrected chi connectivity index (χ4v) is 3.47. The van der Waals surface area contributed by atoms with Crippen LogP contribution in [0.5, 0.6) is 5.75 Å². The van der Waals surface area contributed by atoms with E-state index in [1.807, 2.05) is 30.3 Å². The van der Waals surface area contributed by atoms with Gasteiger partial charge in [-0.1, -0.05) is 36.4 Å². The molecular formula is C17H19NO3S. The Morgan fingerprint density at radius 1 is 1.09 bits per heavy atom. The summed E-state index contributed by atoms with van der Waals surface area (Å²) >= 11 is 0. The van der Waals surface area contributed by atoms with Crippen molar-refractivity contribution in [3.63, 3.8) is 0 Å². The van der Waals surface area contributed by atoms with E-state index in [2.05, 4.69) is 6.58 Å². The van der Waals surface area contributed by atoms with E-state index >= 15 is 0 Å². The van der Waals surface area contributed by atoms with Gasteiger partial charge in [0.05, 0.1) is 12.0 Å². The lowest BCUT2D eigenvalue weighted by molar-refractivity contribution is 0.414. The molecule has 2 rings (SSSR count). The molecule has 0 saturated heterocycles. The fourth-order valence-electron chi connectivity index (χ4n) is 2.08. The largest absolute Gasteiger partial charge is 0.497 e. The number of hydrogen-bond acceptors (Lipinski definition) is 3. The van der Waals surface area contributed by atoms with Crippen molar-refractivity contribution in [1.29, 1.82) is 0 Å². The van der Waals surface area contributed by atoms with Crippen molar-refractivity contribution in [2.45, 2.75) is 11.4 Å². The van der Waals surface area contributed by atoms with Crippen LogP contribution in [0.2, 0.25) is 0 Å². The lowest BCUT2D eigenvalue weighted by Gasteiger charge is -2.21. The molecule has 5 heteroatoms. The van der Waals surface area contributed by atoms with Gasteiger partial charge in [-0.05, 0) is 29.8 Å². The Morgan fingerprint density at radius 2 is 1.73 bits per heavy atom. The number of sulfonamides is 1. The lowest BCUT2D eigenvalue weighted by atomic mass is 10.2. The molecule has 4 nitrogen and oxygen atoms in total. The van der Waals surface area contributed by atoms with E-state index in [4.69, 9.17) is 4.74 Å². The summed E-state index contributed by atoms with van der Waals surface area (Å²) in [6.45, 7) is 4.21. The zero-order chi connectivity index (χ0) is 16.0. The molecule has 2 aromatic rings. The zero-order valence-corrected chi connectivity index (χ0v) is 13.3. The fraction of sp³-hybridized carbons (Fsp3) is 0.176. The van der Waals surface area contributed by atoms with Gasteiger partial charge in [0.1, 0.15) is 5.75 Å². The quantitative estimate of drug-likeness (QED) is 0.737. The van der Waals surface area contributed by atoms with Gasteiger partial charge in [-0.25, -0.2) is 8.42 Å². The molecule has 0 heterocycles. The van der Waals surface area contributed by atoms with Gasteiger partial charge in [0.15, 0.2) is 0 Å². The summed E-state index contributed by atoms with van der Waals surface area (Å²) in [4.78, 5) is 0.242. The number of benzene rings is 2. The van der Waals surface area contributed by atoms with E-state index in [1.165, 1.54) is 4.31 Å². The third kappa shape index (κ3) is 3.75. The molecule has 0 atom stereocenters. The van der Waals surface area contributed by atoms with E-state index in [1.54, 1.807) is 37.5 Å². The maximum Gasteiger partial charge on any atom is 0.243 e. The van der Waals surface area contributed by atoms with Crippen LogP contribution in [0.1, 0.15) is 5.56 Å². The van der Waals surface area contributed by atoms with Crippen LogP contribution in [0.4, 0.5) is 0 Å². The second-order valence-corrected chi connectivity index (χ2v) is 6.69. The van der Waals surface area contributed by atoms with Crippen LogP contribution in [0.25, 0.3) is 0 Å². The summed E-state index contributed by atoms with van der Waals surface area (Å²) in [5.74, 6) is 0.622. The molecule has 2 aromatic carbocycles. The third-order valence-electron chi connectivity index (χ3n) is 3.23. The van der Waals surface area contributed by atoms with Gasteiger partial charge >= 0.3 is 0 Å². The van der Waals surface area contributed by atoms with Gasteiger partial charge < -0.3 is 4.74 Å². The van der Waals surface area contributed by atoms with Crippen LogP contribution in [0.3, 0.4) is 0 Å². The third-order valence-corrected chi connectivity index (χ3v) is 5.06. The van der Waals surface area contributed by atoms with Crippen molar-refractivity contribution < 1.29 is 13.2 Å². The number of rotatable bonds is 7. The summed E-state index contributed by atoms with van der Waals surface area (Å²) in [5, 5.41) is 0. The van der Waals surface area contributed by atoms with Crippen molar-refractivity contribution in [3.05, 3.63) is 72.8 Å². The highest BCUT2D eigenvalue weighted by molar-refractivity contribution is 7.89. The lowest BCUT2D eigenvalue weighted by Crippen LogP contribution is -2.30. The van der Waals surface area contributed by atoms with Crippen LogP contribution in [-0.4, -0.2) is 26.4 Å². The molecule has 22 heavy (non-hydrogen) atoms. The van der Waals surface area contributed by atoms with Gasteiger partial charge in [-0.3, -0.25) is 0 Å². The maximum atomic E-state index is 12.8. The van der Waals surface area contributed by atoms with Crippen molar-refractivity contribution >= 4 is 10.0 Å². The van der Waals surface area contributed by atoms with Crippen LogP contribution in [0.15, 0.2) is 72.1 Å². The van der Waals surface area contributed by atoms with Gasteiger partial charge in [0.2, 0.25) is 10.0 Å². The molecule has 116 valence electrons. The topological polar surface area (TPSA) is 46.6 Å². The normalized spacial score (nSPS) is 11.4. The predicted octanol–water partition coefficient (Wildman–Crippen LogP) is 3.07. The van der Waals surface area contributed by atoms with Crippen LogP contribution in [0, 0.1) is 0 Å². The predicted molar refractivity (Wildman–Crippen MR) is 87.2 cm³/mol. The molecule has 0 unspecified atom stereocenters. The Hall–Kier alpha value is -2.11. The molecule has 0 radical (unpaired) electrons. The second-order valence-electron chi connectivity index (χ2n) is 4.75. The highest BCUT2D eigenvalue weighted by atomic mass is 32.2. The molecule has 0 saturated carbocycles. The van der Waals surface area contributed by atoms with Crippen molar-refractivity contribution in [2.75, 3.05) is 13.7 Å². The highest BCUT2D eigenvalue weighted by Crippen LogP contribution is 2.21. The number of hydrogen-bond donors (Lipinski definition) is 0. The first-order chi connectivity index (χ1) is 10.6. The Morgan fingerprint density at radius 3 is 2.27 bits per heavy atom. The molecule has 0 aromatic heterocycles. The first-order valence-corrected chi connectivity index (χ1v) is 8.31. The second kappa shape index (κ2) is 7.24. The van der Waals surface area contributed by atoms with Crippen LogP contribution < -0.4 is 4.74 Å². The molecule has 0 aliphatic rings. The van der Waals surface area contributed by atoms with E-state index in [9.17, 15) is 8.42 Å². The van der Waals surface area contributed by atoms with Gasteiger partial charge in [-0.2, -0.15) is 4.31 Å². The summed E-state index contributed by atoms with van der Waals surface area (Å²) in [6, 6.07) is 15.9.